The Morgan fingerprint density at radius 1 is 1.00 bits per heavy atom. The van der Waals surface area contributed by atoms with Gasteiger partial charge in [0.1, 0.15) is 6.61 Å². The zero-order valence-corrected chi connectivity index (χ0v) is 21.4. The molecule has 0 radical (unpaired) electrons. The minimum Gasteiger partial charge on any atom is -0.493 e. The van der Waals surface area contributed by atoms with Crippen LogP contribution in [-0.4, -0.2) is 34.7 Å². The van der Waals surface area contributed by atoms with E-state index in [-0.39, 0.29) is 12.5 Å². The molecule has 186 valence electrons. The molecule has 4 rings (SSSR count). The highest BCUT2D eigenvalue weighted by atomic mass is 35.5. The number of hydrogen-bond donors (Lipinski definition) is 0. The lowest BCUT2D eigenvalue weighted by molar-refractivity contribution is 0.0728. The molecule has 0 saturated heterocycles. The van der Waals surface area contributed by atoms with Crippen molar-refractivity contribution in [1.29, 1.82) is 0 Å². The van der Waals surface area contributed by atoms with Crippen LogP contribution in [0.3, 0.4) is 0 Å². The summed E-state index contributed by atoms with van der Waals surface area (Å²) in [6.07, 6.45) is 0.761. The molecule has 0 aliphatic carbocycles. The maximum Gasteiger partial charge on any atom is 0.254 e. The summed E-state index contributed by atoms with van der Waals surface area (Å²) in [5.41, 5.74) is 2.07. The summed E-state index contributed by atoms with van der Waals surface area (Å²) >= 11 is 12.2. The second-order valence-corrected chi connectivity index (χ2v) is 8.83. The van der Waals surface area contributed by atoms with Crippen LogP contribution >= 0.6 is 23.2 Å². The first kappa shape index (κ1) is 25.5. The fourth-order valence-electron chi connectivity index (χ4n) is 3.59. The number of halogens is 2. The Morgan fingerprint density at radius 3 is 2.50 bits per heavy atom. The van der Waals surface area contributed by atoms with Crippen LogP contribution in [0.4, 0.5) is 0 Å². The van der Waals surface area contributed by atoms with Crippen LogP contribution < -0.4 is 9.47 Å². The van der Waals surface area contributed by atoms with Crippen molar-refractivity contribution < 1.29 is 18.7 Å². The predicted molar refractivity (Wildman–Crippen MR) is 139 cm³/mol. The second kappa shape index (κ2) is 11.9. The van der Waals surface area contributed by atoms with Crippen molar-refractivity contribution in [3.63, 3.8) is 0 Å². The summed E-state index contributed by atoms with van der Waals surface area (Å²) in [6.45, 7) is 3.02. The van der Waals surface area contributed by atoms with E-state index in [1.165, 1.54) is 7.11 Å². The monoisotopic (exact) mass is 525 g/mol. The average Bonchev–Trinajstić information content (AvgIpc) is 3.36. The van der Waals surface area contributed by atoms with E-state index in [4.69, 9.17) is 37.1 Å². The fraction of sp³-hybridized carbons (Fsp3) is 0.222. The number of carbonyl (C=O) groups excluding carboxylic acids is 1. The van der Waals surface area contributed by atoms with Gasteiger partial charge in [0.05, 0.1) is 24.2 Å². The van der Waals surface area contributed by atoms with Crippen LogP contribution in [0.1, 0.15) is 35.2 Å². The number of amides is 1. The molecule has 1 aromatic heterocycles. The second-order valence-electron chi connectivity index (χ2n) is 7.99. The number of carbonyl (C=O) groups is 1. The summed E-state index contributed by atoms with van der Waals surface area (Å²) in [4.78, 5) is 15.0. The molecule has 0 saturated carbocycles. The first-order chi connectivity index (χ1) is 17.5. The molecular weight excluding hydrogens is 501 g/mol. The molecule has 36 heavy (non-hydrogen) atoms. The van der Waals surface area contributed by atoms with Crippen molar-refractivity contribution in [2.45, 2.75) is 26.5 Å². The highest BCUT2D eigenvalue weighted by Crippen LogP contribution is 2.30. The first-order valence-electron chi connectivity index (χ1n) is 11.4. The van der Waals surface area contributed by atoms with Gasteiger partial charge in [0.25, 0.3) is 5.91 Å². The SMILES string of the molecule is CCCN(Cc1nnc(-c2ccccc2Cl)o1)C(=O)c1ccc(OCc2ccc(Cl)cc2)c(OC)c1. The van der Waals surface area contributed by atoms with Gasteiger partial charge in [0, 0.05) is 17.1 Å². The number of aromatic nitrogens is 2. The Morgan fingerprint density at radius 2 is 1.78 bits per heavy atom. The molecule has 0 spiro atoms. The lowest BCUT2D eigenvalue weighted by Gasteiger charge is -2.21. The number of benzene rings is 3. The third-order valence-electron chi connectivity index (χ3n) is 5.40. The van der Waals surface area contributed by atoms with Gasteiger partial charge in [0.2, 0.25) is 11.8 Å². The lowest BCUT2D eigenvalue weighted by atomic mass is 10.1. The van der Waals surface area contributed by atoms with Crippen LogP contribution in [0, 0.1) is 0 Å². The number of nitrogens with zero attached hydrogens (tertiary/aromatic N) is 3. The van der Waals surface area contributed by atoms with E-state index in [0.29, 0.717) is 57.6 Å². The van der Waals surface area contributed by atoms with Gasteiger partial charge in [-0.25, -0.2) is 0 Å². The molecule has 1 amide bonds. The van der Waals surface area contributed by atoms with E-state index >= 15 is 0 Å². The van der Waals surface area contributed by atoms with Crippen molar-refractivity contribution in [3.8, 4) is 23.0 Å². The van der Waals surface area contributed by atoms with Crippen LogP contribution in [0.5, 0.6) is 11.5 Å². The van der Waals surface area contributed by atoms with Crippen molar-refractivity contribution in [3.05, 3.63) is 93.8 Å². The van der Waals surface area contributed by atoms with E-state index in [2.05, 4.69) is 10.2 Å². The molecule has 0 aliphatic heterocycles. The van der Waals surface area contributed by atoms with E-state index < -0.39 is 0 Å². The number of methoxy groups -OCH3 is 1. The van der Waals surface area contributed by atoms with Gasteiger partial charge in [-0.05, 0) is 54.4 Å². The molecule has 0 N–H and O–H groups in total. The van der Waals surface area contributed by atoms with E-state index in [0.717, 1.165) is 12.0 Å². The lowest BCUT2D eigenvalue weighted by Crippen LogP contribution is -2.31. The third kappa shape index (κ3) is 6.17. The number of ether oxygens (including phenoxy) is 2. The molecule has 4 aromatic rings. The van der Waals surface area contributed by atoms with E-state index in [1.807, 2.05) is 43.3 Å². The molecule has 0 fully saturated rings. The Kier molecular flexibility index (Phi) is 8.46. The highest BCUT2D eigenvalue weighted by Gasteiger charge is 2.21. The highest BCUT2D eigenvalue weighted by molar-refractivity contribution is 6.33. The average molecular weight is 526 g/mol. The summed E-state index contributed by atoms with van der Waals surface area (Å²) in [7, 11) is 1.54. The minimum atomic E-state index is -0.183. The van der Waals surface area contributed by atoms with Crippen molar-refractivity contribution >= 4 is 29.1 Å². The van der Waals surface area contributed by atoms with E-state index in [9.17, 15) is 4.79 Å². The predicted octanol–water partition coefficient (Wildman–Crippen LogP) is 6.68. The minimum absolute atomic E-state index is 0.168. The smallest absolute Gasteiger partial charge is 0.254 e. The molecule has 3 aromatic carbocycles. The van der Waals surface area contributed by atoms with E-state index in [1.54, 1.807) is 35.2 Å². The zero-order valence-electron chi connectivity index (χ0n) is 19.9. The summed E-state index contributed by atoms with van der Waals surface area (Å²) in [6, 6.07) is 19.7. The molecule has 7 nitrogen and oxygen atoms in total. The van der Waals surface area contributed by atoms with Gasteiger partial charge in [-0.1, -0.05) is 54.4 Å². The van der Waals surface area contributed by atoms with Crippen molar-refractivity contribution in [2.24, 2.45) is 0 Å². The maximum atomic E-state index is 13.4. The van der Waals surface area contributed by atoms with Gasteiger partial charge in [-0.15, -0.1) is 10.2 Å². The van der Waals surface area contributed by atoms with Gasteiger partial charge in [-0.3, -0.25) is 4.79 Å². The molecule has 0 aliphatic rings. The Balaban J connectivity index is 1.48. The maximum absolute atomic E-state index is 13.4. The van der Waals surface area contributed by atoms with Gasteiger partial charge in [0.15, 0.2) is 11.5 Å². The third-order valence-corrected chi connectivity index (χ3v) is 5.98. The van der Waals surface area contributed by atoms with Gasteiger partial charge < -0.3 is 18.8 Å². The molecular formula is C27H25Cl2N3O4. The Hall–Kier alpha value is -3.55. The largest absolute Gasteiger partial charge is 0.493 e. The molecule has 0 atom stereocenters. The molecule has 9 heteroatoms. The van der Waals surface area contributed by atoms with Gasteiger partial charge >= 0.3 is 0 Å². The van der Waals surface area contributed by atoms with Gasteiger partial charge in [-0.2, -0.15) is 0 Å². The summed E-state index contributed by atoms with van der Waals surface area (Å²) in [5, 5.41) is 9.39. The normalized spacial score (nSPS) is 10.8. The summed E-state index contributed by atoms with van der Waals surface area (Å²) in [5.74, 6) is 1.44. The standard InChI is InChI=1S/C27H25Cl2N3O4/c1-3-14-32(16-25-30-31-26(36-25)21-6-4-5-7-22(21)29)27(33)19-10-13-23(24(15-19)34-2)35-17-18-8-11-20(28)12-9-18/h4-13,15H,3,14,16-17H2,1-2H3. The number of hydrogen-bond acceptors (Lipinski definition) is 6. The zero-order chi connectivity index (χ0) is 25.5. The van der Waals surface area contributed by atoms with Crippen LogP contribution in [0.15, 0.2) is 71.1 Å². The Bertz CT molecular complexity index is 1320. The topological polar surface area (TPSA) is 77.7 Å². The van der Waals surface area contributed by atoms with Crippen LogP contribution in [-0.2, 0) is 13.2 Å². The fourth-order valence-corrected chi connectivity index (χ4v) is 3.93. The quantitative estimate of drug-likeness (QED) is 0.229. The molecule has 1 heterocycles. The van der Waals surface area contributed by atoms with Crippen molar-refractivity contribution in [2.75, 3.05) is 13.7 Å². The van der Waals surface area contributed by atoms with Crippen LogP contribution in [0.25, 0.3) is 11.5 Å². The molecule has 0 unspecified atom stereocenters. The van der Waals surface area contributed by atoms with Crippen LogP contribution in [0.2, 0.25) is 10.0 Å². The van der Waals surface area contributed by atoms with Crippen molar-refractivity contribution in [1.82, 2.24) is 15.1 Å². The molecule has 0 bridgehead atoms. The Labute approximate surface area is 219 Å². The number of rotatable bonds is 10. The summed E-state index contributed by atoms with van der Waals surface area (Å²) < 4.78 is 17.2. The first-order valence-corrected chi connectivity index (χ1v) is 12.2.